The third kappa shape index (κ3) is 5.59. The quantitative estimate of drug-likeness (QED) is 0.444. The average Bonchev–Trinajstić information content (AvgIpc) is 3.42. The van der Waals surface area contributed by atoms with Crippen LogP contribution in [0.25, 0.3) is 0 Å². The summed E-state index contributed by atoms with van der Waals surface area (Å²) in [5.74, 6) is -10.5. The van der Waals surface area contributed by atoms with Gasteiger partial charge in [-0.2, -0.15) is 22.8 Å². The maximum Gasteiger partial charge on any atom is 0.313 e. The first-order valence-electron chi connectivity index (χ1n) is 13.6. The first-order valence-corrected chi connectivity index (χ1v) is 14.0. The smallest absolute Gasteiger partial charge is 0.313 e. The Bertz CT molecular complexity index is 1330. The number of benzene rings is 1. The molecule has 12 heteroatoms. The lowest BCUT2D eigenvalue weighted by Crippen LogP contribution is -2.59. The van der Waals surface area contributed by atoms with Crippen molar-refractivity contribution in [3.8, 4) is 6.07 Å². The van der Waals surface area contributed by atoms with Crippen molar-refractivity contribution in [3.05, 3.63) is 58.7 Å². The second-order valence-corrected chi connectivity index (χ2v) is 11.6. The topological polar surface area (TPSA) is 80.5 Å². The molecule has 0 radical (unpaired) electrons. The van der Waals surface area contributed by atoms with Gasteiger partial charge in [0.05, 0.1) is 11.6 Å². The molecule has 3 atom stereocenters. The van der Waals surface area contributed by atoms with Gasteiger partial charge in [0.2, 0.25) is 11.8 Å². The molecular formula is C29H30ClF4N5O2. The molecule has 3 aliphatic rings. The Morgan fingerprint density at radius 1 is 1.10 bits per heavy atom. The summed E-state index contributed by atoms with van der Waals surface area (Å²) in [4.78, 5) is 36.2. The number of amides is 2. The Morgan fingerprint density at radius 2 is 1.78 bits per heavy atom. The summed E-state index contributed by atoms with van der Waals surface area (Å²) in [7, 11) is 1.49. The van der Waals surface area contributed by atoms with Gasteiger partial charge in [0.1, 0.15) is 11.9 Å². The zero-order valence-electron chi connectivity index (χ0n) is 22.5. The molecular weight excluding hydrogens is 562 g/mol. The van der Waals surface area contributed by atoms with Gasteiger partial charge in [-0.1, -0.05) is 23.7 Å². The lowest BCUT2D eigenvalue weighted by molar-refractivity contribution is -0.313. The largest absolute Gasteiger partial charge is 0.357 e. The van der Waals surface area contributed by atoms with Crippen molar-refractivity contribution >= 4 is 29.2 Å². The Labute approximate surface area is 240 Å². The minimum Gasteiger partial charge on any atom is -0.357 e. The number of carbonyl (C=O) groups excluding carboxylic acids is 2. The van der Waals surface area contributed by atoms with Crippen molar-refractivity contribution in [1.82, 2.24) is 14.8 Å². The van der Waals surface area contributed by atoms with Crippen LogP contribution in [-0.2, 0) is 9.59 Å². The lowest BCUT2D eigenvalue weighted by atomic mass is 9.74. The number of rotatable bonds is 6. The maximum atomic E-state index is 13.9. The highest BCUT2D eigenvalue weighted by atomic mass is 35.5. The fourth-order valence-corrected chi connectivity index (χ4v) is 6.26. The SMILES string of the molecule is CN(C(=O)CC1CC(F)(F)C1(F)F)[C@@H]1CN(C(=O)C2CCN(c3ccc(C#N)cn3)CC2)C[C@H]1c1ccc(Cl)cc1. The number of piperidine rings is 1. The molecule has 2 aliphatic heterocycles. The minimum atomic E-state index is -4.21. The van der Waals surface area contributed by atoms with Crippen LogP contribution in [0.1, 0.15) is 42.7 Å². The zero-order valence-corrected chi connectivity index (χ0v) is 23.2. The van der Waals surface area contributed by atoms with Gasteiger partial charge in [-0.05, 0) is 42.7 Å². The van der Waals surface area contributed by atoms with E-state index in [0.29, 0.717) is 43.1 Å². The number of nitriles is 1. The first-order chi connectivity index (χ1) is 19.4. The molecule has 3 heterocycles. The van der Waals surface area contributed by atoms with Crippen LogP contribution in [0.5, 0.6) is 0 Å². The van der Waals surface area contributed by atoms with E-state index in [1.165, 1.54) is 18.1 Å². The Morgan fingerprint density at radius 3 is 2.34 bits per heavy atom. The van der Waals surface area contributed by atoms with Crippen molar-refractivity contribution in [2.75, 3.05) is 38.1 Å². The van der Waals surface area contributed by atoms with Gasteiger partial charge in [0.25, 0.3) is 0 Å². The Balaban J connectivity index is 1.26. The van der Waals surface area contributed by atoms with Crippen LogP contribution < -0.4 is 4.90 Å². The predicted molar refractivity (Wildman–Crippen MR) is 144 cm³/mol. The van der Waals surface area contributed by atoms with E-state index in [1.54, 1.807) is 29.2 Å². The highest BCUT2D eigenvalue weighted by Crippen LogP contribution is 2.56. The molecule has 3 fully saturated rings. The lowest BCUT2D eigenvalue weighted by Gasteiger charge is -2.44. The number of pyridine rings is 1. The highest BCUT2D eigenvalue weighted by molar-refractivity contribution is 6.30. The molecule has 0 spiro atoms. The van der Waals surface area contributed by atoms with Crippen LogP contribution in [-0.4, -0.2) is 77.7 Å². The molecule has 5 rings (SSSR count). The third-order valence-corrected chi connectivity index (χ3v) is 9.01. The molecule has 1 aliphatic carbocycles. The van der Waals surface area contributed by atoms with Crippen molar-refractivity contribution in [2.24, 2.45) is 11.8 Å². The fourth-order valence-electron chi connectivity index (χ4n) is 6.13. The molecule has 2 amide bonds. The van der Waals surface area contributed by atoms with Gasteiger partial charge in [-0.25, -0.2) is 4.98 Å². The second kappa shape index (κ2) is 11.1. The first kappa shape index (κ1) is 29.1. The summed E-state index contributed by atoms with van der Waals surface area (Å²) >= 11 is 6.07. The van der Waals surface area contributed by atoms with Crippen LogP contribution in [0.15, 0.2) is 42.6 Å². The number of anilines is 1. The Hall–Kier alpha value is -3.39. The Kier molecular flexibility index (Phi) is 7.90. The number of hydrogen-bond donors (Lipinski definition) is 0. The van der Waals surface area contributed by atoms with E-state index in [1.807, 2.05) is 18.2 Å². The normalized spacial score (nSPS) is 25.3. The summed E-state index contributed by atoms with van der Waals surface area (Å²) in [5, 5.41) is 9.51. The molecule has 41 heavy (non-hydrogen) atoms. The van der Waals surface area contributed by atoms with Crippen molar-refractivity contribution in [1.29, 1.82) is 5.26 Å². The molecule has 1 aromatic carbocycles. The maximum absolute atomic E-state index is 13.9. The van der Waals surface area contributed by atoms with Gasteiger partial charge in [-0.3, -0.25) is 9.59 Å². The number of halogens is 5. The van der Waals surface area contributed by atoms with Crippen LogP contribution in [0.2, 0.25) is 5.02 Å². The van der Waals surface area contributed by atoms with E-state index < -0.39 is 42.6 Å². The number of likely N-dealkylation sites (tertiary alicyclic amines) is 1. The zero-order chi connectivity index (χ0) is 29.5. The van der Waals surface area contributed by atoms with Crippen LogP contribution in [0.4, 0.5) is 23.4 Å². The van der Waals surface area contributed by atoms with E-state index in [9.17, 15) is 27.2 Å². The van der Waals surface area contributed by atoms with Crippen molar-refractivity contribution in [2.45, 2.75) is 49.5 Å². The minimum absolute atomic E-state index is 0.0371. The molecule has 2 aromatic rings. The summed E-state index contributed by atoms with van der Waals surface area (Å²) in [6.45, 7) is 1.78. The van der Waals surface area contributed by atoms with Crippen molar-refractivity contribution < 1.29 is 27.2 Å². The molecule has 2 saturated heterocycles. The van der Waals surface area contributed by atoms with Gasteiger partial charge in [0.15, 0.2) is 0 Å². The van der Waals surface area contributed by atoms with E-state index >= 15 is 0 Å². The third-order valence-electron chi connectivity index (χ3n) is 8.76. The number of alkyl halides is 4. The van der Waals surface area contributed by atoms with E-state index in [0.717, 1.165) is 11.4 Å². The van der Waals surface area contributed by atoms with Gasteiger partial charge >= 0.3 is 11.8 Å². The molecule has 0 N–H and O–H groups in total. The molecule has 1 saturated carbocycles. The summed E-state index contributed by atoms with van der Waals surface area (Å²) in [5.41, 5.74) is 1.32. The van der Waals surface area contributed by atoms with E-state index in [-0.39, 0.29) is 24.3 Å². The number of aromatic nitrogens is 1. The molecule has 0 bridgehead atoms. The summed E-state index contributed by atoms with van der Waals surface area (Å²) in [6.07, 6.45) is 1.02. The number of likely N-dealkylation sites (N-methyl/N-ethyl adjacent to an activating group) is 1. The fraction of sp³-hybridized carbons (Fsp3) is 0.517. The number of nitrogens with zero attached hydrogens (tertiary/aromatic N) is 5. The van der Waals surface area contributed by atoms with Gasteiger partial charge < -0.3 is 14.7 Å². The van der Waals surface area contributed by atoms with Crippen molar-refractivity contribution in [3.63, 3.8) is 0 Å². The molecule has 1 aromatic heterocycles. The molecule has 218 valence electrons. The predicted octanol–water partition coefficient (Wildman–Crippen LogP) is 4.96. The summed E-state index contributed by atoms with van der Waals surface area (Å²) < 4.78 is 54.5. The monoisotopic (exact) mass is 591 g/mol. The second-order valence-electron chi connectivity index (χ2n) is 11.2. The standard InChI is InChI=1S/C29H30ClF4N5O2/c1-37(26(40)12-21-13-28(31,32)29(21,33)34)24-17-39(16-23(24)19-3-5-22(30)6-4-19)27(41)20-8-10-38(11-9-20)25-7-2-18(14-35)15-36-25/h2-7,15,20-21,23-24H,8-13,16-17H2,1H3/t21?,23-,24+/m0/s1. The van der Waals surface area contributed by atoms with Gasteiger partial charge in [0, 0.05) is 75.0 Å². The van der Waals surface area contributed by atoms with Crippen LogP contribution >= 0.6 is 11.6 Å². The van der Waals surface area contributed by atoms with Crippen LogP contribution in [0, 0.1) is 23.2 Å². The summed E-state index contributed by atoms with van der Waals surface area (Å²) in [6, 6.07) is 12.1. The highest BCUT2D eigenvalue weighted by Gasteiger charge is 2.71. The number of carbonyl (C=O) groups is 2. The molecule has 7 nitrogen and oxygen atoms in total. The molecule has 1 unspecified atom stereocenters. The van der Waals surface area contributed by atoms with Crippen LogP contribution in [0.3, 0.4) is 0 Å². The van der Waals surface area contributed by atoms with E-state index in [4.69, 9.17) is 16.9 Å². The van der Waals surface area contributed by atoms with Gasteiger partial charge in [-0.15, -0.1) is 0 Å². The van der Waals surface area contributed by atoms with E-state index in [2.05, 4.69) is 9.88 Å². The number of hydrogen-bond acceptors (Lipinski definition) is 5. The average molecular weight is 592 g/mol.